The first-order chi connectivity index (χ1) is 13.3. The average Bonchev–Trinajstić information content (AvgIpc) is 3.27. The summed E-state index contributed by atoms with van der Waals surface area (Å²) in [6, 6.07) is 0. The lowest BCUT2D eigenvalue weighted by molar-refractivity contribution is -0.129. The molecule has 0 unspecified atom stereocenters. The van der Waals surface area contributed by atoms with Crippen LogP contribution in [-0.2, 0) is 28.3 Å². The predicted octanol–water partition coefficient (Wildman–Crippen LogP) is 0.392. The minimum Gasteiger partial charge on any atom is -0.343 e. The van der Waals surface area contributed by atoms with E-state index >= 15 is 0 Å². The Bertz CT molecular complexity index is 954. The maximum atomic E-state index is 12.5. The van der Waals surface area contributed by atoms with Gasteiger partial charge in [0.25, 0.3) is 10.0 Å². The van der Waals surface area contributed by atoms with Gasteiger partial charge < -0.3 is 14.0 Å². The summed E-state index contributed by atoms with van der Waals surface area (Å²) in [7, 11) is -1.79. The normalized spacial score (nSPS) is 19.7. The second-order valence-corrected chi connectivity index (χ2v) is 9.48. The van der Waals surface area contributed by atoms with Crippen molar-refractivity contribution in [3.8, 4) is 0 Å². The molecule has 0 N–H and O–H groups in total. The first kappa shape index (κ1) is 19.1. The molecule has 4 heterocycles. The molecule has 11 heteroatoms. The number of likely N-dealkylation sites (tertiary alicyclic amines) is 1. The summed E-state index contributed by atoms with van der Waals surface area (Å²) in [6.45, 7) is 3.86. The smallest absolute Gasteiger partial charge is 0.262 e. The second-order valence-electron chi connectivity index (χ2n) is 7.60. The number of imidazole rings is 1. The fourth-order valence-electron chi connectivity index (χ4n) is 3.72. The van der Waals surface area contributed by atoms with E-state index in [0.717, 1.165) is 12.8 Å². The molecule has 1 amide bonds. The molecule has 0 atom stereocenters. The summed E-state index contributed by atoms with van der Waals surface area (Å²) in [6.07, 6.45) is 5.21. The number of aryl methyl sites for hydroxylation is 1. The quantitative estimate of drug-likeness (QED) is 0.703. The van der Waals surface area contributed by atoms with E-state index in [0.29, 0.717) is 44.3 Å². The number of carbonyl (C=O) groups excluding carboxylic acids is 1. The zero-order valence-electron chi connectivity index (χ0n) is 16.0. The molecular weight excluding hydrogens is 384 g/mol. The molecule has 10 nitrogen and oxygen atoms in total. The SMILES string of the molecule is CC(=O)N1CCC(c2noc(CC3CN(S(=O)(=O)c4cn(C)cn4)C3)n2)CC1. The van der Waals surface area contributed by atoms with Crippen molar-refractivity contribution in [2.45, 2.75) is 37.1 Å². The van der Waals surface area contributed by atoms with Gasteiger partial charge in [-0.2, -0.15) is 9.29 Å². The van der Waals surface area contributed by atoms with Gasteiger partial charge >= 0.3 is 0 Å². The van der Waals surface area contributed by atoms with Gasteiger partial charge in [-0.25, -0.2) is 13.4 Å². The Morgan fingerprint density at radius 1 is 1.29 bits per heavy atom. The highest BCUT2D eigenvalue weighted by Gasteiger charge is 2.38. The van der Waals surface area contributed by atoms with E-state index in [1.54, 1.807) is 18.5 Å². The molecule has 2 saturated heterocycles. The Morgan fingerprint density at radius 3 is 2.61 bits per heavy atom. The maximum Gasteiger partial charge on any atom is 0.262 e. The Hall–Kier alpha value is -2.27. The molecule has 28 heavy (non-hydrogen) atoms. The Labute approximate surface area is 163 Å². The topological polar surface area (TPSA) is 114 Å². The van der Waals surface area contributed by atoms with E-state index < -0.39 is 10.0 Å². The number of nitrogens with zero attached hydrogens (tertiary/aromatic N) is 6. The van der Waals surface area contributed by atoms with E-state index in [-0.39, 0.29) is 22.8 Å². The van der Waals surface area contributed by atoms with E-state index in [2.05, 4.69) is 15.1 Å². The Balaban J connectivity index is 1.30. The molecule has 0 saturated carbocycles. The van der Waals surface area contributed by atoms with Crippen LogP contribution in [0.3, 0.4) is 0 Å². The van der Waals surface area contributed by atoms with Gasteiger partial charge in [-0.15, -0.1) is 0 Å². The molecule has 0 aromatic carbocycles. The molecule has 2 aliphatic heterocycles. The fourth-order valence-corrected chi connectivity index (χ4v) is 5.28. The number of rotatable bonds is 5. The highest BCUT2D eigenvalue weighted by Crippen LogP contribution is 2.29. The number of sulfonamides is 1. The third-order valence-electron chi connectivity index (χ3n) is 5.46. The molecule has 2 aromatic heterocycles. The number of hydrogen-bond donors (Lipinski definition) is 0. The van der Waals surface area contributed by atoms with Gasteiger partial charge in [0.15, 0.2) is 10.9 Å². The van der Waals surface area contributed by atoms with E-state index in [4.69, 9.17) is 4.52 Å². The van der Waals surface area contributed by atoms with Crippen LogP contribution in [0.4, 0.5) is 0 Å². The summed E-state index contributed by atoms with van der Waals surface area (Å²) in [5.74, 6) is 1.70. The first-order valence-corrected chi connectivity index (χ1v) is 10.8. The lowest BCUT2D eigenvalue weighted by Gasteiger charge is -2.36. The standard InChI is InChI=1S/C17H24N6O4S/c1-12(24)22-5-3-14(4-6-22)17-19-15(27-20-17)7-13-8-23(9-13)28(25,26)16-10-21(2)11-18-16/h10-11,13-14H,3-9H2,1-2H3. The molecule has 0 aliphatic carbocycles. The highest BCUT2D eigenvalue weighted by atomic mass is 32.2. The zero-order chi connectivity index (χ0) is 19.9. The van der Waals surface area contributed by atoms with Crippen LogP contribution in [0.5, 0.6) is 0 Å². The number of carbonyl (C=O) groups is 1. The monoisotopic (exact) mass is 408 g/mol. The summed E-state index contributed by atoms with van der Waals surface area (Å²) >= 11 is 0. The molecule has 4 rings (SSSR count). The lowest BCUT2D eigenvalue weighted by atomic mass is 9.96. The number of piperidine rings is 1. The number of amides is 1. The van der Waals surface area contributed by atoms with Gasteiger partial charge in [0.05, 0.1) is 6.33 Å². The molecule has 2 aromatic rings. The molecule has 0 spiro atoms. The van der Waals surface area contributed by atoms with Crippen molar-refractivity contribution in [2.75, 3.05) is 26.2 Å². The van der Waals surface area contributed by atoms with Crippen LogP contribution in [0.25, 0.3) is 0 Å². The van der Waals surface area contributed by atoms with Gasteiger partial charge in [0.1, 0.15) is 0 Å². The maximum absolute atomic E-state index is 12.5. The van der Waals surface area contributed by atoms with Gasteiger partial charge in [-0.05, 0) is 18.8 Å². The molecule has 152 valence electrons. The largest absolute Gasteiger partial charge is 0.343 e. The molecule has 2 aliphatic rings. The van der Waals surface area contributed by atoms with Gasteiger partial charge in [0.2, 0.25) is 11.8 Å². The fraction of sp³-hybridized carbons (Fsp3) is 0.647. The Morgan fingerprint density at radius 2 is 2.00 bits per heavy atom. The van der Waals surface area contributed by atoms with Crippen LogP contribution in [-0.4, -0.2) is 69.4 Å². The number of aromatic nitrogens is 4. The van der Waals surface area contributed by atoms with Crippen LogP contribution in [0.2, 0.25) is 0 Å². The summed E-state index contributed by atoms with van der Waals surface area (Å²) in [5, 5.41) is 4.18. The molecular formula is C17H24N6O4S. The van der Waals surface area contributed by atoms with Crippen LogP contribution >= 0.6 is 0 Å². The van der Waals surface area contributed by atoms with E-state index in [9.17, 15) is 13.2 Å². The van der Waals surface area contributed by atoms with Crippen molar-refractivity contribution in [1.82, 2.24) is 28.9 Å². The third-order valence-corrected chi connectivity index (χ3v) is 7.18. The van der Waals surface area contributed by atoms with Crippen molar-refractivity contribution in [1.29, 1.82) is 0 Å². The Kier molecular flexibility index (Phi) is 4.96. The highest BCUT2D eigenvalue weighted by molar-refractivity contribution is 7.89. The van der Waals surface area contributed by atoms with E-state index in [1.165, 1.54) is 16.8 Å². The first-order valence-electron chi connectivity index (χ1n) is 9.39. The number of hydrogen-bond acceptors (Lipinski definition) is 7. The third kappa shape index (κ3) is 3.68. The average molecular weight is 408 g/mol. The van der Waals surface area contributed by atoms with Crippen molar-refractivity contribution < 1.29 is 17.7 Å². The van der Waals surface area contributed by atoms with Gasteiger partial charge in [0, 0.05) is 58.7 Å². The zero-order valence-corrected chi connectivity index (χ0v) is 16.8. The molecule has 2 fully saturated rings. The van der Waals surface area contributed by atoms with Gasteiger partial charge in [-0.3, -0.25) is 4.79 Å². The van der Waals surface area contributed by atoms with Crippen LogP contribution < -0.4 is 0 Å². The minimum absolute atomic E-state index is 0.0745. The van der Waals surface area contributed by atoms with Crippen molar-refractivity contribution in [3.05, 3.63) is 24.2 Å². The van der Waals surface area contributed by atoms with Crippen LogP contribution in [0.1, 0.15) is 37.4 Å². The molecule has 0 radical (unpaired) electrons. The van der Waals surface area contributed by atoms with Crippen molar-refractivity contribution >= 4 is 15.9 Å². The summed E-state index contributed by atoms with van der Waals surface area (Å²) in [4.78, 5) is 21.7. The van der Waals surface area contributed by atoms with E-state index in [1.807, 2.05) is 4.90 Å². The summed E-state index contributed by atoms with van der Waals surface area (Å²) < 4.78 is 33.4. The molecule has 0 bridgehead atoms. The van der Waals surface area contributed by atoms with Crippen molar-refractivity contribution in [3.63, 3.8) is 0 Å². The predicted molar refractivity (Wildman–Crippen MR) is 97.7 cm³/mol. The van der Waals surface area contributed by atoms with Crippen LogP contribution in [0.15, 0.2) is 22.1 Å². The van der Waals surface area contributed by atoms with Crippen molar-refractivity contribution in [2.24, 2.45) is 13.0 Å². The minimum atomic E-state index is -3.53. The van der Waals surface area contributed by atoms with Crippen LogP contribution in [0, 0.1) is 5.92 Å². The summed E-state index contributed by atoms with van der Waals surface area (Å²) in [5.41, 5.74) is 0. The second kappa shape index (κ2) is 7.28. The van der Waals surface area contributed by atoms with Gasteiger partial charge in [-0.1, -0.05) is 5.16 Å². The lowest BCUT2D eigenvalue weighted by Crippen LogP contribution is -2.50.